The van der Waals surface area contributed by atoms with Gasteiger partial charge in [-0.25, -0.2) is 8.42 Å². The summed E-state index contributed by atoms with van der Waals surface area (Å²) in [4.78, 5) is 13.0. The minimum absolute atomic E-state index is 0.0323. The largest absolute Gasteiger partial charge is 0.325 e. The lowest BCUT2D eigenvalue weighted by Gasteiger charge is -2.07. The Kier molecular flexibility index (Phi) is 5.63. The predicted molar refractivity (Wildman–Crippen MR) is 90.8 cm³/mol. The van der Waals surface area contributed by atoms with Crippen LogP contribution in [0.4, 0.5) is 5.69 Å². The molecule has 0 aliphatic heterocycles. The van der Waals surface area contributed by atoms with Crippen LogP contribution in [0.1, 0.15) is 5.56 Å². The summed E-state index contributed by atoms with van der Waals surface area (Å²) < 4.78 is 22.6. The molecule has 2 aromatic rings. The van der Waals surface area contributed by atoms with Crippen molar-refractivity contribution < 1.29 is 13.2 Å². The minimum atomic E-state index is -3.09. The maximum Gasteiger partial charge on any atom is 0.234 e. The van der Waals surface area contributed by atoms with Crippen LogP contribution in [0.15, 0.2) is 59.5 Å². The van der Waals surface area contributed by atoms with Gasteiger partial charge in [-0.05, 0) is 29.8 Å². The second kappa shape index (κ2) is 7.47. The molecule has 116 valence electrons. The third-order valence-corrected chi connectivity index (χ3v) is 4.62. The lowest BCUT2D eigenvalue weighted by atomic mass is 10.2. The number of amides is 1. The lowest BCUT2D eigenvalue weighted by molar-refractivity contribution is -0.113. The van der Waals surface area contributed by atoms with Gasteiger partial charge in [0, 0.05) is 16.8 Å². The Morgan fingerprint density at radius 3 is 2.50 bits per heavy atom. The van der Waals surface area contributed by atoms with Crippen molar-refractivity contribution in [3.05, 3.63) is 60.2 Å². The van der Waals surface area contributed by atoms with Crippen LogP contribution in [-0.2, 0) is 20.4 Å². The summed E-state index contributed by atoms with van der Waals surface area (Å²) in [6.07, 6.45) is 1.19. The van der Waals surface area contributed by atoms with Crippen LogP contribution in [0.3, 0.4) is 0 Å². The number of nitrogens with one attached hydrogen (secondary N) is 1. The van der Waals surface area contributed by atoms with Crippen molar-refractivity contribution in [3.63, 3.8) is 0 Å². The molecule has 0 aliphatic rings. The summed E-state index contributed by atoms with van der Waals surface area (Å²) >= 11 is 1.45. The third kappa shape index (κ3) is 5.91. The van der Waals surface area contributed by atoms with E-state index in [1.807, 2.05) is 30.3 Å². The average molecular weight is 335 g/mol. The smallest absolute Gasteiger partial charge is 0.234 e. The molecular formula is C16H17NO3S2. The Hall–Kier alpha value is -1.79. The Morgan fingerprint density at radius 1 is 1.09 bits per heavy atom. The molecule has 0 unspecified atom stereocenters. The van der Waals surface area contributed by atoms with Gasteiger partial charge in [0.15, 0.2) is 9.84 Å². The Bertz CT molecular complexity index is 743. The first kappa shape index (κ1) is 16.6. The van der Waals surface area contributed by atoms with E-state index in [9.17, 15) is 13.2 Å². The second-order valence-corrected chi connectivity index (χ2v) is 8.11. The molecule has 4 nitrogen and oxygen atoms in total. The minimum Gasteiger partial charge on any atom is -0.325 e. The molecule has 0 fully saturated rings. The third-order valence-electron chi connectivity index (χ3n) is 2.75. The molecule has 0 radical (unpaired) electrons. The van der Waals surface area contributed by atoms with E-state index in [4.69, 9.17) is 0 Å². The van der Waals surface area contributed by atoms with Gasteiger partial charge < -0.3 is 5.32 Å². The highest BCUT2D eigenvalue weighted by molar-refractivity contribution is 8.00. The molecule has 6 heteroatoms. The van der Waals surface area contributed by atoms with E-state index in [0.29, 0.717) is 17.0 Å². The van der Waals surface area contributed by atoms with Gasteiger partial charge in [0.05, 0.1) is 11.5 Å². The summed E-state index contributed by atoms with van der Waals surface area (Å²) in [7, 11) is -3.09. The topological polar surface area (TPSA) is 63.2 Å². The molecule has 0 bridgehead atoms. The molecule has 0 aromatic heterocycles. The molecule has 0 heterocycles. The van der Waals surface area contributed by atoms with E-state index in [0.717, 1.165) is 4.90 Å². The van der Waals surface area contributed by atoms with Gasteiger partial charge in [-0.15, -0.1) is 11.8 Å². The van der Waals surface area contributed by atoms with Crippen LogP contribution >= 0.6 is 11.8 Å². The number of thioether (sulfide) groups is 1. The van der Waals surface area contributed by atoms with E-state index in [-0.39, 0.29) is 11.7 Å². The number of hydrogen-bond donors (Lipinski definition) is 1. The molecule has 2 aromatic carbocycles. The van der Waals surface area contributed by atoms with Gasteiger partial charge in [0.2, 0.25) is 5.91 Å². The maximum absolute atomic E-state index is 11.9. The van der Waals surface area contributed by atoms with Gasteiger partial charge >= 0.3 is 0 Å². The molecule has 0 saturated carbocycles. The van der Waals surface area contributed by atoms with Crippen LogP contribution < -0.4 is 5.32 Å². The highest BCUT2D eigenvalue weighted by Crippen LogP contribution is 2.18. The highest BCUT2D eigenvalue weighted by Gasteiger charge is 2.07. The summed E-state index contributed by atoms with van der Waals surface area (Å²) in [6, 6.07) is 16.6. The zero-order chi connectivity index (χ0) is 16.0. The molecule has 0 saturated heterocycles. The fraction of sp³-hybridized carbons (Fsp3) is 0.188. The Morgan fingerprint density at radius 2 is 1.82 bits per heavy atom. The number of rotatable bonds is 6. The van der Waals surface area contributed by atoms with E-state index in [1.54, 1.807) is 24.3 Å². The average Bonchev–Trinajstić information content (AvgIpc) is 2.45. The van der Waals surface area contributed by atoms with E-state index in [2.05, 4.69) is 5.32 Å². The monoisotopic (exact) mass is 335 g/mol. The molecular weight excluding hydrogens is 318 g/mol. The number of anilines is 1. The fourth-order valence-corrected chi connectivity index (χ4v) is 3.41. The van der Waals surface area contributed by atoms with E-state index < -0.39 is 9.84 Å². The first-order valence-corrected chi connectivity index (χ1v) is 9.71. The van der Waals surface area contributed by atoms with Crippen molar-refractivity contribution in [1.82, 2.24) is 0 Å². The van der Waals surface area contributed by atoms with Gasteiger partial charge in [0.1, 0.15) is 0 Å². The van der Waals surface area contributed by atoms with Crippen molar-refractivity contribution in [2.45, 2.75) is 10.6 Å². The zero-order valence-electron chi connectivity index (χ0n) is 12.2. The second-order valence-electron chi connectivity index (χ2n) is 4.92. The van der Waals surface area contributed by atoms with Crippen molar-refractivity contribution in [2.24, 2.45) is 0 Å². The molecule has 1 N–H and O–H groups in total. The van der Waals surface area contributed by atoms with E-state index >= 15 is 0 Å². The lowest BCUT2D eigenvalue weighted by Crippen LogP contribution is -2.14. The quantitative estimate of drug-likeness (QED) is 0.825. The van der Waals surface area contributed by atoms with Crippen LogP contribution in [0, 0.1) is 0 Å². The highest BCUT2D eigenvalue weighted by atomic mass is 32.2. The van der Waals surface area contributed by atoms with Crippen LogP contribution in [-0.4, -0.2) is 26.3 Å². The van der Waals surface area contributed by atoms with Crippen molar-refractivity contribution in [2.75, 3.05) is 17.3 Å². The predicted octanol–water partition coefficient (Wildman–Crippen LogP) is 2.96. The molecule has 22 heavy (non-hydrogen) atoms. The molecule has 1 amide bonds. The van der Waals surface area contributed by atoms with Crippen molar-refractivity contribution in [3.8, 4) is 0 Å². The van der Waals surface area contributed by atoms with Crippen LogP contribution in [0.5, 0.6) is 0 Å². The van der Waals surface area contributed by atoms with Crippen LogP contribution in [0.2, 0.25) is 0 Å². The summed E-state index contributed by atoms with van der Waals surface area (Å²) in [5, 5.41) is 2.78. The van der Waals surface area contributed by atoms with Gasteiger partial charge in [-0.3, -0.25) is 4.79 Å². The number of carbonyl (C=O) groups excluding carboxylic acids is 1. The summed E-state index contributed by atoms with van der Waals surface area (Å²) in [5.74, 6) is 0.154. The SMILES string of the molecule is CS(=O)(=O)Cc1cccc(NC(=O)CSc2ccccc2)c1. The standard InChI is InChI=1S/C16H17NO3S2/c1-22(19,20)12-13-6-5-7-14(10-13)17-16(18)11-21-15-8-3-2-4-9-15/h2-10H,11-12H2,1H3,(H,17,18). The Labute approximate surface area is 134 Å². The number of carbonyl (C=O) groups is 1. The first-order chi connectivity index (χ1) is 10.4. The number of hydrogen-bond acceptors (Lipinski definition) is 4. The van der Waals surface area contributed by atoms with Gasteiger partial charge in [-0.1, -0.05) is 30.3 Å². The van der Waals surface area contributed by atoms with Crippen molar-refractivity contribution in [1.29, 1.82) is 0 Å². The number of sulfone groups is 1. The maximum atomic E-state index is 11.9. The van der Waals surface area contributed by atoms with Gasteiger partial charge in [0.25, 0.3) is 0 Å². The summed E-state index contributed by atoms with van der Waals surface area (Å²) in [6.45, 7) is 0. The molecule has 0 spiro atoms. The normalized spacial score (nSPS) is 11.1. The van der Waals surface area contributed by atoms with Crippen molar-refractivity contribution >= 4 is 33.2 Å². The molecule has 0 aliphatic carbocycles. The van der Waals surface area contributed by atoms with Gasteiger partial charge in [-0.2, -0.15) is 0 Å². The zero-order valence-corrected chi connectivity index (χ0v) is 13.8. The fourth-order valence-electron chi connectivity index (χ4n) is 1.90. The Balaban J connectivity index is 1.93. The van der Waals surface area contributed by atoms with Crippen LogP contribution in [0.25, 0.3) is 0 Å². The molecule has 0 atom stereocenters. The first-order valence-electron chi connectivity index (χ1n) is 6.67. The van der Waals surface area contributed by atoms with E-state index in [1.165, 1.54) is 18.0 Å². The number of benzene rings is 2. The molecule has 2 rings (SSSR count). The summed E-state index contributed by atoms with van der Waals surface area (Å²) in [5.41, 5.74) is 1.27.